The molecular weight excluding hydrogens is 384 g/mol. The summed E-state index contributed by atoms with van der Waals surface area (Å²) in [7, 11) is 3.40. The minimum Gasteiger partial charge on any atom is -0.497 e. The van der Waals surface area contributed by atoms with Gasteiger partial charge in [-0.1, -0.05) is 38.0 Å². The summed E-state index contributed by atoms with van der Waals surface area (Å²) in [6.45, 7) is 2.36. The first kappa shape index (κ1) is 21.6. The van der Waals surface area contributed by atoms with E-state index in [1.165, 1.54) is 16.0 Å². The summed E-state index contributed by atoms with van der Waals surface area (Å²) in [4.78, 5) is 12.1. The molecule has 0 radical (unpaired) electrons. The zero-order chi connectivity index (χ0) is 20.9. The molecule has 1 heterocycles. The zero-order valence-corrected chi connectivity index (χ0v) is 18.3. The monoisotopic (exact) mass is 414 g/mol. The molecule has 0 saturated heterocycles. The maximum Gasteiger partial charge on any atom is 0.303 e. The van der Waals surface area contributed by atoms with Crippen molar-refractivity contribution in [1.82, 2.24) is 0 Å². The minimum absolute atomic E-state index is 0.00528. The van der Waals surface area contributed by atoms with E-state index in [-0.39, 0.29) is 11.8 Å². The maximum absolute atomic E-state index is 10.8. The summed E-state index contributed by atoms with van der Waals surface area (Å²) in [5.41, 5.74) is 2.70. The largest absolute Gasteiger partial charge is 0.497 e. The van der Waals surface area contributed by atoms with E-state index in [0.717, 1.165) is 42.9 Å². The molecule has 29 heavy (non-hydrogen) atoms. The summed E-state index contributed by atoms with van der Waals surface area (Å²) in [5.74, 6) is 2.43. The van der Waals surface area contributed by atoms with Crippen molar-refractivity contribution in [1.29, 1.82) is 0 Å². The van der Waals surface area contributed by atoms with Gasteiger partial charge >= 0.3 is 5.97 Å². The molecule has 2 atom stereocenters. The van der Waals surface area contributed by atoms with Crippen LogP contribution in [0.25, 0.3) is 0 Å². The van der Waals surface area contributed by atoms with Crippen LogP contribution < -0.4 is 9.47 Å². The van der Waals surface area contributed by atoms with Gasteiger partial charge in [-0.25, -0.2) is 0 Å². The van der Waals surface area contributed by atoms with Crippen molar-refractivity contribution in [2.24, 2.45) is 0 Å². The maximum atomic E-state index is 10.8. The van der Waals surface area contributed by atoms with Crippen molar-refractivity contribution >= 4 is 17.7 Å². The van der Waals surface area contributed by atoms with Crippen LogP contribution in [0, 0.1) is 0 Å². The van der Waals surface area contributed by atoms with Gasteiger partial charge in [0.2, 0.25) is 0 Å². The molecule has 0 spiro atoms. The van der Waals surface area contributed by atoms with Crippen LogP contribution in [0.2, 0.25) is 0 Å². The van der Waals surface area contributed by atoms with Gasteiger partial charge in [0.25, 0.3) is 0 Å². The van der Waals surface area contributed by atoms with E-state index in [2.05, 4.69) is 37.3 Å². The highest BCUT2D eigenvalue weighted by Gasteiger charge is 2.41. The Hall–Kier alpha value is -2.14. The lowest BCUT2D eigenvalue weighted by Crippen LogP contribution is -2.36. The highest BCUT2D eigenvalue weighted by molar-refractivity contribution is 7.99. The van der Waals surface area contributed by atoms with Crippen LogP contribution in [0.3, 0.4) is 0 Å². The number of benzene rings is 2. The molecule has 156 valence electrons. The number of unbranched alkanes of at least 4 members (excludes halogenated alkanes) is 2. The van der Waals surface area contributed by atoms with Gasteiger partial charge in [0.1, 0.15) is 11.5 Å². The van der Waals surface area contributed by atoms with E-state index >= 15 is 0 Å². The Labute approximate surface area is 177 Å². The minimum atomic E-state index is -0.709. The van der Waals surface area contributed by atoms with E-state index < -0.39 is 5.97 Å². The lowest BCUT2D eigenvalue weighted by molar-refractivity contribution is -0.137. The second kappa shape index (κ2) is 9.57. The molecule has 0 amide bonds. The molecule has 1 aliphatic heterocycles. The molecule has 5 heteroatoms. The van der Waals surface area contributed by atoms with E-state index in [1.807, 2.05) is 23.9 Å². The number of hydrogen-bond acceptors (Lipinski definition) is 4. The molecule has 0 aliphatic carbocycles. The molecule has 0 bridgehead atoms. The van der Waals surface area contributed by atoms with Crippen molar-refractivity contribution in [2.45, 2.75) is 55.3 Å². The molecule has 2 unspecified atom stereocenters. The van der Waals surface area contributed by atoms with E-state index in [0.29, 0.717) is 5.92 Å². The average molecular weight is 415 g/mol. The van der Waals surface area contributed by atoms with Gasteiger partial charge in [0, 0.05) is 22.5 Å². The number of fused-ring (bicyclic) bond motifs is 1. The standard InChI is InChI=1S/C24H30O4S/c1-24(17-9-11-18(27-2)12-10-17)16-29-22-15-19(28-3)13-14-20(22)21(24)7-5-4-6-8-23(25)26/h9-15,21H,4-8,16H2,1-3H3,(H,25,26). The van der Waals surface area contributed by atoms with Crippen LogP contribution in [-0.2, 0) is 10.2 Å². The van der Waals surface area contributed by atoms with Crippen molar-refractivity contribution in [3.8, 4) is 11.5 Å². The Bertz CT molecular complexity index is 833. The lowest BCUT2D eigenvalue weighted by Gasteiger charge is -2.43. The molecular formula is C24H30O4S. The average Bonchev–Trinajstić information content (AvgIpc) is 2.74. The van der Waals surface area contributed by atoms with Gasteiger partial charge in [-0.2, -0.15) is 0 Å². The lowest BCUT2D eigenvalue weighted by atomic mass is 9.68. The molecule has 2 aromatic carbocycles. The quantitative estimate of drug-likeness (QED) is 0.519. The Morgan fingerprint density at radius 3 is 2.41 bits per heavy atom. The molecule has 0 aromatic heterocycles. The summed E-state index contributed by atoms with van der Waals surface area (Å²) in [6, 6.07) is 14.9. The van der Waals surface area contributed by atoms with Crippen molar-refractivity contribution in [2.75, 3.05) is 20.0 Å². The number of rotatable bonds is 9. The summed E-state index contributed by atoms with van der Waals surface area (Å²) in [6.07, 6.45) is 4.01. The first-order valence-electron chi connectivity index (χ1n) is 10.1. The number of thioether (sulfide) groups is 1. The Morgan fingerprint density at radius 2 is 1.76 bits per heavy atom. The highest BCUT2D eigenvalue weighted by Crippen LogP contribution is 2.52. The fraction of sp³-hybridized carbons (Fsp3) is 0.458. The number of carboxylic acids is 1. The number of ether oxygens (including phenoxy) is 2. The fourth-order valence-corrected chi connectivity index (χ4v) is 5.66. The third-order valence-electron chi connectivity index (χ3n) is 6.03. The molecule has 3 rings (SSSR count). The first-order valence-corrected chi connectivity index (χ1v) is 11.1. The van der Waals surface area contributed by atoms with Gasteiger partial charge in [-0.05, 0) is 54.2 Å². The van der Waals surface area contributed by atoms with Gasteiger partial charge in [-0.3, -0.25) is 4.79 Å². The van der Waals surface area contributed by atoms with E-state index in [1.54, 1.807) is 14.2 Å². The molecule has 1 N–H and O–H groups in total. The number of aliphatic carboxylic acids is 1. The van der Waals surface area contributed by atoms with E-state index in [4.69, 9.17) is 14.6 Å². The van der Waals surface area contributed by atoms with Crippen LogP contribution in [0.5, 0.6) is 11.5 Å². The highest BCUT2D eigenvalue weighted by atomic mass is 32.2. The predicted octanol–water partition coefficient (Wildman–Crippen LogP) is 5.89. The number of methoxy groups -OCH3 is 2. The van der Waals surface area contributed by atoms with Crippen LogP contribution in [-0.4, -0.2) is 31.0 Å². The Kier molecular flexibility index (Phi) is 7.12. The number of carbonyl (C=O) groups is 1. The third kappa shape index (κ3) is 4.89. The molecule has 2 aromatic rings. The Morgan fingerprint density at radius 1 is 1.07 bits per heavy atom. The van der Waals surface area contributed by atoms with Crippen LogP contribution in [0.4, 0.5) is 0 Å². The predicted molar refractivity (Wildman–Crippen MR) is 118 cm³/mol. The second-order valence-corrected chi connectivity index (χ2v) is 8.90. The van der Waals surface area contributed by atoms with Gasteiger partial charge in [-0.15, -0.1) is 11.8 Å². The van der Waals surface area contributed by atoms with Crippen molar-refractivity contribution < 1.29 is 19.4 Å². The van der Waals surface area contributed by atoms with Crippen LogP contribution in [0.15, 0.2) is 47.4 Å². The van der Waals surface area contributed by atoms with Crippen LogP contribution >= 0.6 is 11.8 Å². The Balaban J connectivity index is 1.87. The van der Waals surface area contributed by atoms with Crippen molar-refractivity contribution in [3.63, 3.8) is 0 Å². The first-order chi connectivity index (χ1) is 14.0. The van der Waals surface area contributed by atoms with Gasteiger partial charge in [0.05, 0.1) is 14.2 Å². The number of carboxylic acid groups (broad SMARTS) is 1. The summed E-state index contributed by atoms with van der Waals surface area (Å²) >= 11 is 1.89. The smallest absolute Gasteiger partial charge is 0.303 e. The van der Waals surface area contributed by atoms with Crippen molar-refractivity contribution in [3.05, 3.63) is 53.6 Å². The molecule has 0 fully saturated rings. The summed E-state index contributed by atoms with van der Waals surface area (Å²) < 4.78 is 10.8. The summed E-state index contributed by atoms with van der Waals surface area (Å²) in [5, 5.41) is 8.89. The fourth-order valence-electron chi connectivity index (χ4n) is 4.26. The second-order valence-electron chi connectivity index (χ2n) is 7.88. The van der Waals surface area contributed by atoms with E-state index in [9.17, 15) is 4.79 Å². The number of hydrogen-bond donors (Lipinski definition) is 1. The SMILES string of the molecule is COc1ccc(C2(C)CSc3cc(OC)ccc3C2CCCCCC(=O)O)cc1. The topological polar surface area (TPSA) is 55.8 Å². The van der Waals surface area contributed by atoms with Crippen LogP contribution in [0.1, 0.15) is 56.1 Å². The zero-order valence-electron chi connectivity index (χ0n) is 17.4. The molecule has 1 aliphatic rings. The van der Waals surface area contributed by atoms with Gasteiger partial charge < -0.3 is 14.6 Å². The molecule has 4 nitrogen and oxygen atoms in total. The molecule has 0 saturated carbocycles. The third-order valence-corrected chi connectivity index (χ3v) is 7.43. The van der Waals surface area contributed by atoms with Gasteiger partial charge in [0.15, 0.2) is 0 Å². The normalized spacial score (nSPS) is 20.7.